The third-order valence-corrected chi connectivity index (χ3v) is 2.62. The van der Waals surface area contributed by atoms with E-state index >= 15 is 0 Å². The number of anilines is 1. The first kappa shape index (κ1) is 10.5. The average molecular weight is 236 g/mol. The Hall–Kier alpha value is -2.62. The van der Waals surface area contributed by atoms with Crippen molar-refractivity contribution in [1.82, 2.24) is 15.0 Å². The lowest BCUT2D eigenvalue weighted by Gasteiger charge is -1.90. The van der Waals surface area contributed by atoms with Crippen molar-refractivity contribution in [1.29, 1.82) is 0 Å². The first-order valence-electron chi connectivity index (χ1n) is 5.66. The second kappa shape index (κ2) is 4.33. The third kappa shape index (κ3) is 2.08. The molecule has 4 nitrogen and oxygen atoms in total. The smallest absolute Gasteiger partial charge is 0.115 e. The van der Waals surface area contributed by atoms with Gasteiger partial charge >= 0.3 is 0 Å². The summed E-state index contributed by atoms with van der Waals surface area (Å²) in [7, 11) is 0. The molecule has 3 aromatic rings. The molecule has 0 fully saturated rings. The molecular formula is C14H12N4. The highest BCUT2D eigenvalue weighted by atomic mass is 15.5. The van der Waals surface area contributed by atoms with Gasteiger partial charge in [0.2, 0.25) is 0 Å². The van der Waals surface area contributed by atoms with Gasteiger partial charge in [-0.2, -0.15) is 4.80 Å². The first-order valence-corrected chi connectivity index (χ1v) is 5.66. The fraction of sp³-hybridized carbons (Fsp3) is 0. The van der Waals surface area contributed by atoms with E-state index in [1.807, 2.05) is 60.8 Å². The number of nitrogens with two attached hydrogens (primary N) is 1. The molecule has 0 bridgehead atoms. The zero-order valence-electron chi connectivity index (χ0n) is 9.69. The van der Waals surface area contributed by atoms with Crippen LogP contribution in [0.2, 0.25) is 0 Å². The summed E-state index contributed by atoms with van der Waals surface area (Å²) in [5.74, 6) is 0. The molecule has 0 saturated heterocycles. The molecule has 0 spiro atoms. The van der Waals surface area contributed by atoms with E-state index in [0.717, 1.165) is 16.6 Å². The quantitative estimate of drug-likeness (QED) is 0.696. The van der Waals surface area contributed by atoms with Gasteiger partial charge in [-0.05, 0) is 29.8 Å². The highest BCUT2D eigenvalue weighted by molar-refractivity contribution is 5.78. The van der Waals surface area contributed by atoms with Crippen LogP contribution >= 0.6 is 0 Å². The van der Waals surface area contributed by atoms with E-state index in [-0.39, 0.29) is 0 Å². The van der Waals surface area contributed by atoms with E-state index in [0.29, 0.717) is 5.69 Å². The molecule has 1 aromatic heterocycles. The lowest BCUT2D eigenvalue weighted by molar-refractivity contribution is 0.814. The molecule has 2 N–H and O–H groups in total. The Bertz CT molecular complexity index is 698. The molecule has 0 amide bonds. The maximum absolute atomic E-state index is 5.70. The summed E-state index contributed by atoms with van der Waals surface area (Å²) >= 11 is 0. The second-order valence-corrected chi connectivity index (χ2v) is 3.99. The van der Waals surface area contributed by atoms with Crippen molar-refractivity contribution in [3.8, 4) is 0 Å². The summed E-state index contributed by atoms with van der Waals surface area (Å²) in [4.78, 5) is 1.55. The van der Waals surface area contributed by atoms with Crippen molar-refractivity contribution in [3.63, 3.8) is 0 Å². The number of benzene rings is 2. The van der Waals surface area contributed by atoms with Crippen LogP contribution in [0, 0.1) is 0 Å². The fourth-order valence-electron chi connectivity index (χ4n) is 1.73. The Morgan fingerprint density at radius 1 is 0.944 bits per heavy atom. The van der Waals surface area contributed by atoms with Crippen LogP contribution in [0.5, 0.6) is 0 Å². The van der Waals surface area contributed by atoms with Crippen molar-refractivity contribution >= 4 is 29.0 Å². The molecule has 0 aliphatic rings. The van der Waals surface area contributed by atoms with Gasteiger partial charge in [0.05, 0.1) is 6.20 Å². The number of hydrogen-bond acceptors (Lipinski definition) is 3. The van der Waals surface area contributed by atoms with Gasteiger partial charge in [0.15, 0.2) is 0 Å². The number of rotatable bonds is 2. The predicted molar refractivity (Wildman–Crippen MR) is 73.6 cm³/mol. The molecule has 1 heterocycles. The molecule has 0 aliphatic carbocycles. The minimum absolute atomic E-state index is 0.696. The molecule has 88 valence electrons. The van der Waals surface area contributed by atoms with Crippen LogP contribution in [0.4, 0.5) is 5.69 Å². The van der Waals surface area contributed by atoms with Crippen molar-refractivity contribution in [3.05, 3.63) is 54.1 Å². The fourth-order valence-corrected chi connectivity index (χ4v) is 1.73. The largest absolute Gasteiger partial charge is 0.399 e. The summed E-state index contributed by atoms with van der Waals surface area (Å²) in [5.41, 5.74) is 9.14. The van der Waals surface area contributed by atoms with Crippen LogP contribution < -0.4 is 5.73 Å². The van der Waals surface area contributed by atoms with Crippen molar-refractivity contribution in [2.24, 2.45) is 0 Å². The van der Waals surface area contributed by atoms with Gasteiger partial charge in [0.1, 0.15) is 11.0 Å². The van der Waals surface area contributed by atoms with E-state index in [4.69, 9.17) is 5.73 Å². The molecule has 3 rings (SSSR count). The van der Waals surface area contributed by atoms with Gasteiger partial charge in [-0.15, -0.1) is 10.2 Å². The van der Waals surface area contributed by atoms with Crippen LogP contribution in [0.15, 0.2) is 48.5 Å². The van der Waals surface area contributed by atoms with Crippen LogP contribution in [0.3, 0.4) is 0 Å². The zero-order chi connectivity index (χ0) is 12.4. The van der Waals surface area contributed by atoms with Gasteiger partial charge in [0.25, 0.3) is 0 Å². The van der Waals surface area contributed by atoms with Crippen LogP contribution in [0.1, 0.15) is 5.56 Å². The van der Waals surface area contributed by atoms with Crippen LogP contribution in [0.25, 0.3) is 23.3 Å². The number of nitrogens with zero attached hydrogens (tertiary/aromatic N) is 3. The number of hydrogen-bond donors (Lipinski definition) is 1. The van der Waals surface area contributed by atoms with Gasteiger partial charge in [-0.3, -0.25) is 0 Å². The summed E-state index contributed by atoms with van der Waals surface area (Å²) < 4.78 is 0. The van der Waals surface area contributed by atoms with Gasteiger partial charge in [-0.1, -0.05) is 30.3 Å². The summed E-state index contributed by atoms with van der Waals surface area (Å²) in [6, 6.07) is 15.5. The number of fused-ring (bicyclic) bond motifs is 1. The Labute approximate surface area is 104 Å². The molecule has 0 atom stereocenters. The first-order chi connectivity index (χ1) is 8.81. The van der Waals surface area contributed by atoms with Crippen molar-refractivity contribution < 1.29 is 0 Å². The molecule has 0 radical (unpaired) electrons. The normalized spacial score (nSPS) is 11.3. The number of nitrogen functional groups attached to an aromatic ring is 1. The van der Waals surface area contributed by atoms with Crippen LogP contribution in [-0.4, -0.2) is 15.0 Å². The van der Waals surface area contributed by atoms with Crippen molar-refractivity contribution in [2.75, 3.05) is 5.73 Å². The lowest BCUT2D eigenvalue weighted by atomic mass is 10.2. The van der Waals surface area contributed by atoms with E-state index in [2.05, 4.69) is 10.2 Å². The molecular weight excluding hydrogens is 224 g/mol. The van der Waals surface area contributed by atoms with Gasteiger partial charge in [-0.25, -0.2) is 0 Å². The average Bonchev–Trinajstić information content (AvgIpc) is 2.79. The minimum atomic E-state index is 0.696. The molecule has 18 heavy (non-hydrogen) atoms. The highest BCUT2D eigenvalue weighted by Crippen LogP contribution is 2.13. The van der Waals surface area contributed by atoms with E-state index in [1.165, 1.54) is 0 Å². The summed E-state index contributed by atoms with van der Waals surface area (Å²) in [5, 5.41) is 8.66. The molecule has 4 heteroatoms. The zero-order valence-corrected chi connectivity index (χ0v) is 9.69. The molecule has 0 unspecified atom stereocenters. The maximum atomic E-state index is 5.70. The second-order valence-electron chi connectivity index (χ2n) is 3.99. The lowest BCUT2D eigenvalue weighted by Crippen LogP contribution is -1.90. The van der Waals surface area contributed by atoms with Crippen molar-refractivity contribution in [2.45, 2.75) is 0 Å². The highest BCUT2D eigenvalue weighted by Gasteiger charge is 2.00. The summed E-state index contributed by atoms with van der Waals surface area (Å²) in [6.07, 6.45) is 3.79. The molecule has 2 aromatic carbocycles. The SMILES string of the molecule is Nc1ccc2nn(C=Cc3ccccc3)nc2c1. The third-order valence-electron chi connectivity index (χ3n) is 2.62. The standard InChI is InChI=1S/C14H12N4/c15-12-6-7-13-14(10-12)17-18(16-13)9-8-11-4-2-1-3-5-11/h1-10H,15H2. The maximum Gasteiger partial charge on any atom is 0.115 e. The number of aromatic nitrogens is 3. The summed E-state index contributed by atoms with van der Waals surface area (Å²) in [6.45, 7) is 0. The van der Waals surface area contributed by atoms with Gasteiger partial charge in [0, 0.05) is 5.69 Å². The molecule has 0 saturated carbocycles. The Kier molecular flexibility index (Phi) is 2.53. The minimum Gasteiger partial charge on any atom is -0.399 e. The molecule has 0 aliphatic heterocycles. The van der Waals surface area contributed by atoms with E-state index < -0.39 is 0 Å². The Morgan fingerprint density at radius 2 is 1.72 bits per heavy atom. The van der Waals surface area contributed by atoms with E-state index in [1.54, 1.807) is 4.80 Å². The van der Waals surface area contributed by atoms with Crippen LogP contribution in [-0.2, 0) is 0 Å². The monoisotopic (exact) mass is 236 g/mol. The topological polar surface area (TPSA) is 56.7 Å². The predicted octanol–water partition coefficient (Wildman–Crippen LogP) is 2.64. The Morgan fingerprint density at radius 3 is 2.56 bits per heavy atom. The van der Waals surface area contributed by atoms with Gasteiger partial charge < -0.3 is 5.73 Å². The Balaban J connectivity index is 1.93. The van der Waals surface area contributed by atoms with E-state index in [9.17, 15) is 0 Å².